The van der Waals surface area contributed by atoms with Crippen LogP contribution in [0.1, 0.15) is 48.9 Å². The Hall–Kier alpha value is -5.48. The smallest absolute Gasteiger partial charge is 0.329 e. The highest BCUT2D eigenvalue weighted by molar-refractivity contribution is 5.81. The van der Waals surface area contributed by atoms with Gasteiger partial charge in [0.1, 0.15) is 0 Å². The molecule has 1 atom stereocenters. The van der Waals surface area contributed by atoms with Crippen molar-refractivity contribution in [1.82, 2.24) is 0 Å². The summed E-state index contributed by atoms with van der Waals surface area (Å²) in [6.45, 7) is 21.4. The summed E-state index contributed by atoms with van der Waals surface area (Å²) in [5.41, 5.74) is 4.90. The van der Waals surface area contributed by atoms with E-state index in [0.717, 1.165) is 42.2 Å². The zero-order valence-corrected chi connectivity index (χ0v) is 26.0. The van der Waals surface area contributed by atoms with Gasteiger partial charge in [-0.15, -0.1) is 0 Å². The minimum atomic E-state index is -0.960. The first kappa shape index (κ1) is 43.0. The van der Waals surface area contributed by atoms with E-state index in [1.807, 2.05) is 55.5 Å². The molecule has 44 heavy (non-hydrogen) atoms. The highest BCUT2D eigenvalue weighted by Gasteiger charge is 1.97. The number of hydrogen-bond acceptors (Lipinski definition) is 5. The number of carbonyl (C=O) groups is 3. The van der Waals surface area contributed by atoms with E-state index in [1.165, 1.54) is 24.3 Å². The summed E-state index contributed by atoms with van der Waals surface area (Å²) < 4.78 is 4.14. The summed E-state index contributed by atoms with van der Waals surface area (Å²) in [6, 6.07) is 18.0. The van der Waals surface area contributed by atoms with Gasteiger partial charge in [0, 0.05) is 24.3 Å². The van der Waals surface area contributed by atoms with E-state index in [2.05, 4.69) is 62.8 Å². The Balaban J connectivity index is -0.000000504. The number of ether oxygens (including phenoxy) is 1. The molecule has 1 unspecified atom stereocenters. The molecule has 0 spiro atoms. The summed E-state index contributed by atoms with van der Waals surface area (Å²) >= 11 is 0. The highest BCUT2D eigenvalue weighted by Crippen LogP contribution is 2.11. The Labute approximate surface area is 262 Å². The fourth-order valence-electron chi connectivity index (χ4n) is 2.91. The van der Waals surface area contributed by atoms with Gasteiger partial charge in [-0.25, -0.2) is 14.4 Å². The third-order valence-electron chi connectivity index (χ3n) is 5.17. The minimum absolute atomic E-state index is 0.143. The molecule has 0 heterocycles. The van der Waals surface area contributed by atoms with Crippen molar-refractivity contribution in [3.05, 3.63) is 140 Å². The topological polar surface area (TPSA) is 125 Å². The number of aryl methyl sites for hydroxylation is 1. The van der Waals surface area contributed by atoms with Crippen LogP contribution in [-0.2, 0) is 25.5 Å². The molecule has 2 rings (SSSR count). The molecular formula is C37H45NO6. The number of carboxylic acid groups (broad SMARTS) is 2. The number of hydrogen-bond donors (Lipinski definition) is 2. The van der Waals surface area contributed by atoms with Crippen molar-refractivity contribution in [1.29, 1.82) is 5.26 Å². The van der Waals surface area contributed by atoms with Crippen LogP contribution in [0.4, 0.5) is 0 Å². The van der Waals surface area contributed by atoms with Gasteiger partial charge < -0.3 is 14.9 Å². The predicted molar refractivity (Wildman–Crippen MR) is 183 cm³/mol. The quantitative estimate of drug-likeness (QED) is 0.150. The second-order valence-electron chi connectivity index (χ2n) is 8.35. The maximum Gasteiger partial charge on any atom is 0.329 e. The van der Waals surface area contributed by atoms with Crippen molar-refractivity contribution in [2.75, 3.05) is 7.11 Å². The lowest BCUT2D eigenvalue weighted by molar-refractivity contribution is -0.135. The average Bonchev–Trinajstić information content (AvgIpc) is 3.05. The van der Waals surface area contributed by atoms with Gasteiger partial charge in [0.15, 0.2) is 0 Å². The van der Waals surface area contributed by atoms with Gasteiger partial charge in [-0.2, -0.15) is 5.26 Å². The summed E-state index contributed by atoms with van der Waals surface area (Å²) in [7, 11) is 1.31. The highest BCUT2D eigenvalue weighted by atomic mass is 16.5. The number of aliphatic carboxylic acids is 2. The van der Waals surface area contributed by atoms with Crippen molar-refractivity contribution < 1.29 is 29.3 Å². The Morgan fingerprint density at radius 1 is 0.864 bits per heavy atom. The lowest BCUT2D eigenvalue weighted by Crippen LogP contribution is -1.93. The molecule has 7 nitrogen and oxygen atoms in total. The molecule has 0 aliphatic carbocycles. The SMILES string of the molecule is C=CC#N.C=CC(=O)OC.C=Cc1ccccc1C=C.C=Cc1ccccc1CC.CC(/C=C/C(=O)O)CC/C=C/C(=O)O. The van der Waals surface area contributed by atoms with Crippen LogP contribution in [0.25, 0.3) is 18.2 Å². The van der Waals surface area contributed by atoms with Crippen molar-refractivity contribution in [3.63, 3.8) is 0 Å². The maximum absolute atomic E-state index is 10.1. The second-order valence-corrected chi connectivity index (χ2v) is 8.35. The lowest BCUT2D eigenvalue weighted by Gasteiger charge is -2.01. The molecule has 234 valence electrons. The van der Waals surface area contributed by atoms with Crippen molar-refractivity contribution >= 4 is 36.1 Å². The molecule has 0 aliphatic rings. The van der Waals surface area contributed by atoms with E-state index in [9.17, 15) is 14.4 Å². The maximum atomic E-state index is 10.1. The third-order valence-corrected chi connectivity index (χ3v) is 5.17. The fraction of sp³-hybridized carbons (Fsp3) is 0.189. The normalized spacial score (nSPS) is 9.68. The minimum Gasteiger partial charge on any atom is -0.478 e. The summed E-state index contributed by atoms with van der Waals surface area (Å²) in [5.74, 6) is -2.17. The molecule has 0 radical (unpaired) electrons. The molecular weight excluding hydrogens is 554 g/mol. The Morgan fingerprint density at radius 2 is 1.32 bits per heavy atom. The zero-order valence-electron chi connectivity index (χ0n) is 26.0. The van der Waals surface area contributed by atoms with Crippen molar-refractivity contribution in [3.8, 4) is 6.07 Å². The van der Waals surface area contributed by atoms with E-state index in [-0.39, 0.29) is 5.92 Å². The number of allylic oxidation sites excluding steroid dienone is 3. The van der Waals surface area contributed by atoms with Crippen LogP contribution in [0.5, 0.6) is 0 Å². The molecule has 0 amide bonds. The monoisotopic (exact) mass is 599 g/mol. The van der Waals surface area contributed by atoms with E-state index in [1.54, 1.807) is 18.2 Å². The molecule has 0 saturated carbocycles. The number of esters is 1. The summed E-state index contributed by atoms with van der Waals surface area (Å²) in [6.07, 6.45) is 15.7. The molecule has 7 heteroatoms. The van der Waals surface area contributed by atoms with Crippen LogP contribution in [-0.4, -0.2) is 35.2 Å². The second kappa shape index (κ2) is 30.5. The number of nitriles is 1. The van der Waals surface area contributed by atoms with Crippen LogP contribution >= 0.6 is 0 Å². The number of carbonyl (C=O) groups excluding carboxylic acids is 1. The third kappa shape index (κ3) is 26.7. The van der Waals surface area contributed by atoms with Gasteiger partial charge in [0.05, 0.1) is 13.2 Å². The van der Waals surface area contributed by atoms with E-state index >= 15 is 0 Å². The number of benzene rings is 2. The van der Waals surface area contributed by atoms with Crippen LogP contribution in [0.15, 0.2) is 118 Å². The zero-order chi connectivity index (χ0) is 34.2. The fourth-order valence-corrected chi connectivity index (χ4v) is 2.91. The van der Waals surface area contributed by atoms with E-state index in [0.29, 0.717) is 6.42 Å². The van der Waals surface area contributed by atoms with Crippen molar-refractivity contribution in [2.24, 2.45) is 5.92 Å². The Bertz CT molecular complexity index is 1250. The number of rotatable bonds is 11. The molecule has 0 fully saturated rings. The molecule has 2 N–H and O–H groups in total. The molecule has 2 aromatic carbocycles. The van der Waals surface area contributed by atoms with E-state index < -0.39 is 17.9 Å². The van der Waals surface area contributed by atoms with Gasteiger partial charge in [-0.1, -0.05) is 126 Å². The van der Waals surface area contributed by atoms with Crippen LogP contribution in [0, 0.1) is 17.2 Å². The molecule has 0 aliphatic heterocycles. The predicted octanol–water partition coefficient (Wildman–Crippen LogP) is 8.59. The first-order chi connectivity index (χ1) is 21.0. The number of methoxy groups -OCH3 is 1. The number of nitrogens with zero attached hydrogens (tertiary/aromatic N) is 1. The van der Waals surface area contributed by atoms with Gasteiger partial charge in [0.25, 0.3) is 0 Å². The Morgan fingerprint density at radius 3 is 1.64 bits per heavy atom. The van der Waals surface area contributed by atoms with Crippen LogP contribution < -0.4 is 0 Å². The largest absolute Gasteiger partial charge is 0.478 e. The Kier molecular flexibility index (Phi) is 29.8. The van der Waals surface area contributed by atoms with Gasteiger partial charge in [-0.3, -0.25) is 0 Å². The van der Waals surface area contributed by atoms with Gasteiger partial charge >= 0.3 is 17.9 Å². The summed E-state index contributed by atoms with van der Waals surface area (Å²) in [4.78, 5) is 30.1. The van der Waals surface area contributed by atoms with Gasteiger partial charge in [-0.05, 0) is 47.4 Å². The van der Waals surface area contributed by atoms with Gasteiger partial charge in [0.2, 0.25) is 0 Å². The number of carboxylic acids is 2. The molecule has 0 bridgehead atoms. The van der Waals surface area contributed by atoms with Crippen molar-refractivity contribution in [2.45, 2.75) is 33.1 Å². The van der Waals surface area contributed by atoms with E-state index in [4.69, 9.17) is 15.5 Å². The molecule has 2 aromatic rings. The molecule has 0 aromatic heterocycles. The molecule has 0 saturated heterocycles. The standard InChI is InChI=1S/C10H14O4.C10H12.C10H10.C4H6O2.C3H3N/c1-8(6-7-10(13)14)4-2-3-5-9(11)12;2*1-3-9-7-5-6-8-10(9)4-2;1-3-4(5)6-2;1-2-3-4/h3,5-8H,2,4H2,1H3,(H,11,12)(H,13,14);3,5-8H,1,4H2,2H3;3-8H,1-2H2;3H,1H2,2H3;2H,1H2/b5-3+,7-6+;;;;. The lowest BCUT2D eigenvalue weighted by atomic mass is 10.1. The summed E-state index contributed by atoms with van der Waals surface area (Å²) in [5, 5.41) is 24.1. The van der Waals surface area contributed by atoms with Crippen LogP contribution in [0.2, 0.25) is 0 Å². The first-order valence-electron chi connectivity index (χ1n) is 13.6. The van der Waals surface area contributed by atoms with Crippen LogP contribution in [0.3, 0.4) is 0 Å². The average molecular weight is 600 g/mol. The first-order valence-corrected chi connectivity index (χ1v) is 13.6.